The number of hydrogen-bond acceptors (Lipinski definition) is 5. The molecule has 3 N–H and O–H groups in total. The highest BCUT2D eigenvalue weighted by atomic mass is 19.4. The van der Waals surface area contributed by atoms with E-state index in [4.69, 9.17) is 0 Å². The van der Waals surface area contributed by atoms with Gasteiger partial charge in [-0.15, -0.1) is 0 Å². The fraction of sp³-hybridized carbons (Fsp3) is 0.300. The first-order chi connectivity index (χ1) is 14.6. The van der Waals surface area contributed by atoms with Crippen LogP contribution in [0.5, 0.6) is 0 Å². The van der Waals surface area contributed by atoms with E-state index in [-0.39, 0.29) is 24.6 Å². The molecule has 8 nitrogen and oxygen atoms in total. The van der Waals surface area contributed by atoms with Crippen molar-refractivity contribution in [2.75, 3.05) is 23.7 Å². The molecule has 0 radical (unpaired) electrons. The van der Waals surface area contributed by atoms with E-state index < -0.39 is 28.3 Å². The Hall–Kier alpha value is -3.63. The number of nitro groups is 1. The maximum absolute atomic E-state index is 12.7. The molecule has 0 unspecified atom stereocenters. The summed E-state index contributed by atoms with van der Waals surface area (Å²) < 4.78 is 38.2. The summed E-state index contributed by atoms with van der Waals surface area (Å²) in [7, 11) is 0. The minimum absolute atomic E-state index is 0.0469. The van der Waals surface area contributed by atoms with Crippen LogP contribution in [0.15, 0.2) is 42.5 Å². The van der Waals surface area contributed by atoms with Crippen LogP contribution in [-0.4, -0.2) is 29.8 Å². The van der Waals surface area contributed by atoms with Gasteiger partial charge in [0.25, 0.3) is 11.6 Å². The van der Waals surface area contributed by atoms with Crippen LogP contribution in [0.3, 0.4) is 0 Å². The van der Waals surface area contributed by atoms with Crippen molar-refractivity contribution in [2.24, 2.45) is 0 Å². The van der Waals surface area contributed by atoms with Crippen LogP contribution in [-0.2, 0) is 11.0 Å². The average Bonchev–Trinajstić information content (AvgIpc) is 2.71. The molecule has 166 valence electrons. The van der Waals surface area contributed by atoms with E-state index in [9.17, 15) is 32.9 Å². The summed E-state index contributed by atoms with van der Waals surface area (Å²) in [6, 6.07) is 8.45. The van der Waals surface area contributed by atoms with Crippen LogP contribution in [0.25, 0.3) is 0 Å². The van der Waals surface area contributed by atoms with Crippen molar-refractivity contribution in [2.45, 2.75) is 25.9 Å². The van der Waals surface area contributed by atoms with E-state index in [1.165, 1.54) is 6.07 Å². The van der Waals surface area contributed by atoms with Crippen molar-refractivity contribution in [1.82, 2.24) is 5.32 Å². The number of amides is 2. The van der Waals surface area contributed by atoms with Gasteiger partial charge in [-0.25, -0.2) is 0 Å². The van der Waals surface area contributed by atoms with Gasteiger partial charge >= 0.3 is 6.18 Å². The van der Waals surface area contributed by atoms with E-state index in [1.807, 2.05) is 6.92 Å². The number of rotatable bonds is 9. The number of nitrogens with zero attached hydrogens (tertiary/aromatic N) is 1. The Morgan fingerprint density at radius 2 is 1.84 bits per heavy atom. The summed E-state index contributed by atoms with van der Waals surface area (Å²) in [4.78, 5) is 34.3. The zero-order chi connectivity index (χ0) is 23.0. The lowest BCUT2D eigenvalue weighted by Gasteiger charge is -2.11. The highest BCUT2D eigenvalue weighted by molar-refractivity contribution is 5.97. The van der Waals surface area contributed by atoms with Gasteiger partial charge in [0, 0.05) is 36.8 Å². The third-order valence-corrected chi connectivity index (χ3v) is 4.13. The molecule has 0 bridgehead atoms. The predicted octanol–water partition coefficient (Wildman–Crippen LogP) is 4.19. The molecule has 0 fully saturated rings. The van der Waals surface area contributed by atoms with Crippen molar-refractivity contribution < 1.29 is 27.7 Å². The van der Waals surface area contributed by atoms with E-state index in [0.717, 1.165) is 18.6 Å². The van der Waals surface area contributed by atoms with Crippen LogP contribution in [0.2, 0.25) is 0 Å². The third-order valence-electron chi connectivity index (χ3n) is 4.13. The molecule has 0 saturated heterocycles. The molecule has 31 heavy (non-hydrogen) atoms. The number of halogens is 3. The fourth-order valence-corrected chi connectivity index (χ4v) is 2.62. The Bertz CT molecular complexity index is 964. The molecule has 2 aromatic rings. The highest BCUT2D eigenvalue weighted by Gasteiger charge is 2.33. The summed E-state index contributed by atoms with van der Waals surface area (Å²) in [6.45, 7) is 2.40. The van der Waals surface area contributed by atoms with Crippen LogP contribution in [0, 0.1) is 10.1 Å². The summed E-state index contributed by atoms with van der Waals surface area (Å²) in [5, 5.41) is 19.0. The van der Waals surface area contributed by atoms with Crippen molar-refractivity contribution in [3.63, 3.8) is 0 Å². The van der Waals surface area contributed by atoms with Gasteiger partial charge in [0.15, 0.2) is 0 Å². The second kappa shape index (κ2) is 10.4. The molecule has 0 saturated carbocycles. The molecular weight excluding hydrogens is 417 g/mol. The summed E-state index contributed by atoms with van der Waals surface area (Å²) in [5.41, 5.74) is -1.22. The maximum atomic E-state index is 12.7. The smallest absolute Gasteiger partial charge is 0.379 e. The van der Waals surface area contributed by atoms with Gasteiger partial charge in [0.2, 0.25) is 5.91 Å². The molecule has 11 heteroatoms. The zero-order valence-electron chi connectivity index (χ0n) is 16.6. The van der Waals surface area contributed by atoms with Gasteiger partial charge in [-0.1, -0.05) is 13.0 Å². The van der Waals surface area contributed by atoms with Gasteiger partial charge in [-0.2, -0.15) is 13.2 Å². The van der Waals surface area contributed by atoms with E-state index in [2.05, 4.69) is 16.0 Å². The second-order valence-corrected chi connectivity index (χ2v) is 6.55. The zero-order valence-corrected chi connectivity index (χ0v) is 16.6. The molecule has 0 aromatic heterocycles. The minimum Gasteiger partial charge on any atom is -0.379 e. The van der Waals surface area contributed by atoms with E-state index in [0.29, 0.717) is 23.9 Å². The average molecular weight is 438 g/mol. The molecule has 0 aliphatic heterocycles. The van der Waals surface area contributed by atoms with Crippen LogP contribution in [0.4, 0.5) is 30.2 Å². The van der Waals surface area contributed by atoms with E-state index >= 15 is 0 Å². The molecule has 0 aliphatic carbocycles. The fourth-order valence-electron chi connectivity index (χ4n) is 2.62. The van der Waals surface area contributed by atoms with Crippen molar-refractivity contribution >= 4 is 28.9 Å². The Morgan fingerprint density at radius 3 is 2.48 bits per heavy atom. The molecule has 2 rings (SSSR count). The number of carbonyl (C=O) groups excluding carboxylic acids is 2. The summed E-state index contributed by atoms with van der Waals surface area (Å²) >= 11 is 0. The van der Waals surface area contributed by atoms with Crippen LogP contribution in [0.1, 0.15) is 35.7 Å². The van der Waals surface area contributed by atoms with Gasteiger partial charge in [-0.05, 0) is 36.8 Å². The Morgan fingerprint density at radius 1 is 1.10 bits per heavy atom. The lowest BCUT2D eigenvalue weighted by atomic mass is 10.1. The van der Waals surface area contributed by atoms with Gasteiger partial charge in [-0.3, -0.25) is 19.7 Å². The molecule has 0 aliphatic rings. The lowest BCUT2D eigenvalue weighted by Crippen LogP contribution is -2.24. The number of benzene rings is 2. The van der Waals surface area contributed by atoms with Crippen LogP contribution >= 0.6 is 0 Å². The first kappa shape index (κ1) is 23.6. The summed E-state index contributed by atoms with van der Waals surface area (Å²) in [6.07, 6.45) is -4.03. The monoisotopic (exact) mass is 438 g/mol. The second-order valence-electron chi connectivity index (χ2n) is 6.55. The number of nitrogens with one attached hydrogen (secondary N) is 3. The molecule has 2 amide bonds. The Kier molecular flexibility index (Phi) is 7.94. The molecular formula is C20H21F3N4O4. The van der Waals surface area contributed by atoms with Gasteiger partial charge in [0.05, 0.1) is 10.5 Å². The van der Waals surface area contributed by atoms with Gasteiger partial charge < -0.3 is 16.0 Å². The van der Waals surface area contributed by atoms with Crippen molar-refractivity contribution in [3.8, 4) is 0 Å². The van der Waals surface area contributed by atoms with Gasteiger partial charge in [0.1, 0.15) is 5.69 Å². The highest BCUT2D eigenvalue weighted by Crippen LogP contribution is 2.34. The first-order valence-electron chi connectivity index (χ1n) is 9.39. The topological polar surface area (TPSA) is 113 Å². The normalized spacial score (nSPS) is 11.0. The number of nitro benzene ring substituents is 1. The predicted molar refractivity (Wildman–Crippen MR) is 109 cm³/mol. The summed E-state index contributed by atoms with van der Waals surface area (Å²) in [5.74, 6) is -0.706. The standard InChI is InChI=1S/C20H21F3N4O4/c1-2-9-25-19(29)13-4-3-5-15(11-13)26-18(28)8-10-24-16-7-6-14(20(21,22)23)12-17(16)27(30)31/h3-7,11-12,24H,2,8-10H2,1H3,(H,25,29)(H,26,28). The Balaban J connectivity index is 1.95. The molecule has 0 atom stereocenters. The van der Waals surface area contributed by atoms with E-state index in [1.54, 1.807) is 18.2 Å². The number of alkyl halides is 3. The largest absolute Gasteiger partial charge is 0.416 e. The van der Waals surface area contributed by atoms with Crippen molar-refractivity contribution in [1.29, 1.82) is 0 Å². The first-order valence-corrected chi connectivity index (χ1v) is 9.39. The van der Waals surface area contributed by atoms with Crippen LogP contribution < -0.4 is 16.0 Å². The number of hydrogen-bond donors (Lipinski definition) is 3. The Labute approximate surface area is 176 Å². The van der Waals surface area contributed by atoms with Crippen molar-refractivity contribution in [3.05, 3.63) is 63.7 Å². The molecule has 0 spiro atoms. The quantitative estimate of drug-likeness (QED) is 0.401. The number of anilines is 2. The molecule has 0 heterocycles. The lowest BCUT2D eigenvalue weighted by molar-refractivity contribution is -0.384. The maximum Gasteiger partial charge on any atom is 0.416 e. The molecule has 2 aromatic carbocycles. The minimum atomic E-state index is -4.70. The number of carbonyl (C=O) groups is 2. The SMILES string of the molecule is CCCNC(=O)c1cccc(NC(=O)CCNc2ccc(C(F)(F)F)cc2[N+](=O)[O-])c1. The third kappa shape index (κ3) is 6.98.